The zero-order valence-electron chi connectivity index (χ0n) is 15.3. The molecular weight excluding hydrogens is 348 g/mol. The minimum atomic E-state index is -0.770. The molecule has 144 valence electrons. The highest BCUT2D eigenvalue weighted by molar-refractivity contribution is 5.94. The third-order valence-electron chi connectivity index (χ3n) is 5.74. The monoisotopic (exact) mass is 372 g/mol. The Kier molecular flexibility index (Phi) is 4.72. The lowest BCUT2D eigenvalue weighted by atomic mass is 9.85. The Morgan fingerprint density at radius 1 is 1.11 bits per heavy atom. The number of amides is 3. The van der Waals surface area contributed by atoms with Crippen molar-refractivity contribution < 1.29 is 19.1 Å². The van der Waals surface area contributed by atoms with Crippen LogP contribution in [-0.4, -0.2) is 75.9 Å². The van der Waals surface area contributed by atoms with Gasteiger partial charge in [-0.05, 0) is 37.8 Å². The molecule has 3 amide bonds. The first-order chi connectivity index (χ1) is 13.1. The minimum Gasteiger partial charge on any atom is -0.448 e. The quantitative estimate of drug-likeness (QED) is 0.788. The number of carbonyl (C=O) groups excluding carboxylic acids is 3. The maximum Gasteiger partial charge on any atom is 0.410 e. The summed E-state index contributed by atoms with van der Waals surface area (Å²) in [7, 11) is 0. The molecule has 4 rings (SSSR count). The Balaban J connectivity index is 1.50. The predicted octanol–water partition coefficient (Wildman–Crippen LogP) is 1.02. The SMILES string of the molecule is O=C1OCCN1CC(=O)N1CCCC12CCCN(Cc1ccccn1)C2=O. The summed E-state index contributed by atoms with van der Waals surface area (Å²) < 4.78 is 4.90. The molecule has 3 saturated heterocycles. The number of pyridine rings is 1. The van der Waals surface area contributed by atoms with Gasteiger partial charge in [0, 0.05) is 19.3 Å². The Bertz CT molecular complexity index is 740. The first kappa shape index (κ1) is 17.8. The van der Waals surface area contributed by atoms with Gasteiger partial charge in [0.05, 0.1) is 18.8 Å². The number of piperidine rings is 1. The Morgan fingerprint density at radius 3 is 2.63 bits per heavy atom. The molecule has 1 aromatic heterocycles. The molecule has 1 spiro atoms. The van der Waals surface area contributed by atoms with Crippen LogP contribution in [0.5, 0.6) is 0 Å². The summed E-state index contributed by atoms with van der Waals surface area (Å²) in [5.41, 5.74) is 0.0758. The normalized spacial score (nSPS) is 25.4. The van der Waals surface area contributed by atoms with Gasteiger partial charge in [-0.2, -0.15) is 0 Å². The van der Waals surface area contributed by atoms with E-state index in [2.05, 4.69) is 4.98 Å². The van der Waals surface area contributed by atoms with Gasteiger partial charge in [-0.25, -0.2) is 4.79 Å². The molecule has 3 aliphatic heterocycles. The second kappa shape index (κ2) is 7.17. The molecule has 0 aliphatic carbocycles. The van der Waals surface area contributed by atoms with Gasteiger partial charge in [0.25, 0.3) is 0 Å². The number of aromatic nitrogens is 1. The van der Waals surface area contributed by atoms with Crippen molar-refractivity contribution in [2.24, 2.45) is 0 Å². The molecule has 8 heteroatoms. The highest BCUT2D eigenvalue weighted by atomic mass is 16.6. The van der Waals surface area contributed by atoms with Crippen LogP contribution in [0, 0.1) is 0 Å². The van der Waals surface area contributed by atoms with Crippen LogP contribution in [0.1, 0.15) is 31.4 Å². The lowest BCUT2D eigenvalue weighted by Gasteiger charge is -2.44. The molecule has 0 N–H and O–H groups in total. The molecule has 3 aliphatic rings. The second-order valence-corrected chi connectivity index (χ2v) is 7.37. The van der Waals surface area contributed by atoms with Gasteiger partial charge >= 0.3 is 6.09 Å². The first-order valence-corrected chi connectivity index (χ1v) is 9.52. The number of ether oxygens (including phenoxy) is 1. The summed E-state index contributed by atoms with van der Waals surface area (Å²) in [6.45, 7) is 2.41. The summed E-state index contributed by atoms with van der Waals surface area (Å²) in [4.78, 5) is 47.2. The second-order valence-electron chi connectivity index (χ2n) is 7.37. The lowest BCUT2D eigenvalue weighted by molar-refractivity contribution is -0.156. The number of hydrogen-bond donors (Lipinski definition) is 0. The van der Waals surface area contributed by atoms with Crippen LogP contribution in [0.15, 0.2) is 24.4 Å². The van der Waals surface area contributed by atoms with Gasteiger partial charge in [0.2, 0.25) is 11.8 Å². The van der Waals surface area contributed by atoms with E-state index in [9.17, 15) is 14.4 Å². The summed E-state index contributed by atoms with van der Waals surface area (Å²) >= 11 is 0. The highest BCUT2D eigenvalue weighted by Gasteiger charge is 2.52. The van der Waals surface area contributed by atoms with Gasteiger partial charge in [-0.3, -0.25) is 19.5 Å². The van der Waals surface area contributed by atoms with Crippen molar-refractivity contribution in [2.45, 2.75) is 37.8 Å². The van der Waals surface area contributed by atoms with E-state index in [-0.39, 0.29) is 18.4 Å². The summed E-state index contributed by atoms with van der Waals surface area (Å²) in [6.07, 6.45) is 4.29. The van der Waals surface area contributed by atoms with Gasteiger partial charge in [0.1, 0.15) is 18.7 Å². The zero-order valence-corrected chi connectivity index (χ0v) is 15.3. The molecule has 27 heavy (non-hydrogen) atoms. The number of rotatable bonds is 4. The van der Waals surface area contributed by atoms with Gasteiger partial charge in [-0.1, -0.05) is 6.07 Å². The number of hydrogen-bond acceptors (Lipinski definition) is 5. The molecule has 0 aromatic carbocycles. The lowest BCUT2D eigenvalue weighted by Crippen LogP contribution is -2.62. The van der Waals surface area contributed by atoms with E-state index < -0.39 is 11.6 Å². The summed E-state index contributed by atoms with van der Waals surface area (Å²) in [5, 5.41) is 0. The molecule has 4 heterocycles. The largest absolute Gasteiger partial charge is 0.448 e. The van der Waals surface area contributed by atoms with E-state index in [4.69, 9.17) is 4.74 Å². The highest BCUT2D eigenvalue weighted by Crippen LogP contribution is 2.38. The summed E-state index contributed by atoms with van der Waals surface area (Å²) in [6, 6.07) is 5.67. The van der Waals surface area contributed by atoms with E-state index in [1.54, 1.807) is 11.1 Å². The molecule has 8 nitrogen and oxygen atoms in total. The van der Waals surface area contributed by atoms with Crippen molar-refractivity contribution in [1.29, 1.82) is 0 Å². The van der Waals surface area contributed by atoms with Crippen molar-refractivity contribution in [1.82, 2.24) is 19.7 Å². The Morgan fingerprint density at radius 2 is 1.93 bits per heavy atom. The molecule has 0 radical (unpaired) electrons. The standard InChI is InChI=1S/C19H24N4O4/c24-16(14-22-11-12-27-18(22)26)23-10-4-7-19(23)6-3-9-21(17(19)25)13-15-5-1-2-8-20-15/h1-2,5,8H,3-4,6-7,9-14H2. The zero-order chi connectivity index (χ0) is 18.9. The van der Waals surface area contributed by atoms with Crippen LogP contribution in [0.25, 0.3) is 0 Å². The van der Waals surface area contributed by atoms with Crippen LogP contribution in [0.4, 0.5) is 4.79 Å². The molecule has 1 aromatic rings. The van der Waals surface area contributed by atoms with Crippen LogP contribution < -0.4 is 0 Å². The Labute approximate surface area is 158 Å². The maximum atomic E-state index is 13.4. The van der Waals surface area contributed by atoms with Crippen molar-refractivity contribution >= 4 is 17.9 Å². The van der Waals surface area contributed by atoms with Gasteiger partial charge in [-0.15, -0.1) is 0 Å². The molecule has 1 atom stereocenters. The van der Waals surface area contributed by atoms with E-state index in [0.29, 0.717) is 45.6 Å². The fourth-order valence-corrected chi connectivity index (χ4v) is 4.45. The fourth-order valence-electron chi connectivity index (χ4n) is 4.45. The molecule has 0 bridgehead atoms. The van der Waals surface area contributed by atoms with Crippen LogP contribution in [-0.2, 0) is 20.9 Å². The fraction of sp³-hybridized carbons (Fsp3) is 0.579. The third kappa shape index (κ3) is 3.24. The van der Waals surface area contributed by atoms with E-state index in [1.807, 2.05) is 23.1 Å². The number of cyclic esters (lactones) is 1. The average Bonchev–Trinajstić information content (AvgIpc) is 3.27. The van der Waals surface area contributed by atoms with Crippen LogP contribution in [0.3, 0.4) is 0 Å². The van der Waals surface area contributed by atoms with Gasteiger partial charge < -0.3 is 14.5 Å². The Hall–Kier alpha value is -2.64. The molecule has 0 saturated carbocycles. The van der Waals surface area contributed by atoms with Gasteiger partial charge in [0.15, 0.2) is 0 Å². The average molecular weight is 372 g/mol. The molecular formula is C19H24N4O4. The summed E-state index contributed by atoms with van der Waals surface area (Å²) in [5.74, 6) is -0.159. The number of carbonyl (C=O) groups is 3. The first-order valence-electron chi connectivity index (χ1n) is 9.52. The van der Waals surface area contributed by atoms with E-state index in [0.717, 1.165) is 18.5 Å². The topological polar surface area (TPSA) is 83.1 Å². The molecule has 3 fully saturated rings. The number of nitrogens with zero attached hydrogens (tertiary/aromatic N) is 4. The molecule has 1 unspecified atom stereocenters. The van der Waals surface area contributed by atoms with Crippen LogP contribution >= 0.6 is 0 Å². The maximum absolute atomic E-state index is 13.4. The smallest absolute Gasteiger partial charge is 0.410 e. The third-order valence-corrected chi connectivity index (χ3v) is 5.74. The van der Waals surface area contributed by atoms with Crippen molar-refractivity contribution in [3.63, 3.8) is 0 Å². The van der Waals surface area contributed by atoms with Crippen molar-refractivity contribution in [3.8, 4) is 0 Å². The van der Waals surface area contributed by atoms with E-state index >= 15 is 0 Å². The van der Waals surface area contributed by atoms with Crippen molar-refractivity contribution in [2.75, 3.05) is 32.8 Å². The van der Waals surface area contributed by atoms with Crippen LogP contribution in [0.2, 0.25) is 0 Å². The number of likely N-dealkylation sites (tertiary alicyclic amines) is 2. The van der Waals surface area contributed by atoms with E-state index in [1.165, 1.54) is 4.90 Å². The van der Waals surface area contributed by atoms with Crippen molar-refractivity contribution in [3.05, 3.63) is 30.1 Å². The minimum absolute atomic E-state index is 0.00857. The predicted molar refractivity (Wildman–Crippen MR) is 95.5 cm³/mol.